The van der Waals surface area contributed by atoms with Crippen molar-refractivity contribution in [3.63, 3.8) is 0 Å². The van der Waals surface area contributed by atoms with Gasteiger partial charge in [-0.3, -0.25) is 0 Å². The number of thioether (sulfide) groups is 1. The van der Waals surface area contributed by atoms with Crippen molar-refractivity contribution in [1.29, 1.82) is 0 Å². The van der Waals surface area contributed by atoms with Crippen LogP contribution in [0.4, 0.5) is 11.5 Å². The molecule has 14 heavy (non-hydrogen) atoms. The minimum absolute atomic E-state index is 0.419. The molecule has 1 atom stereocenters. The fourth-order valence-corrected chi connectivity index (χ4v) is 1.90. The Morgan fingerprint density at radius 1 is 1.64 bits per heavy atom. The zero-order valence-electron chi connectivity index (χ0n) is 8.77. The van der Waals surface area contributed by atoms with Crippen molar-refractivity contribution in [2.75, 3.05) is 29.7 Å². The summed E-state index contributed by atoms with van der Waals surface area (Å²) in [6.45, 7) is 2.15. The average Bonchev–Trinajstić information content (AvgIpc) is 2.18. The third-order valence-electron chi connectivity index (χ3n) is 2.12. The number of rotatable bonds is 4. The molecule has 0 aliphatic heterocycles. The highest BCUT2D eigenvalue weighted by atomic mass is 32.2. The maximum atomic E-state index is 5.78. The van der Waals surface area contributed by atoms with Crippen molar-refractivity contribution >= 4 is 23.3 Å². The Balaban J connectivity index is 2.78. The summed E-state index contributed by atoms with van der Waals surface area (Å²) in [4.78, 5) is 10.1. The van der Waals surface area contributed by atoms with Crippen molar-refractivity contribution in [2.24, 2.45) is 0 Å². The molecule has 0 saturated carbocycles. The number of hydrogen-bond acceptors (Lipinski definition) is 5. The normalized spacial score (nSPS) is 12.5. The lowest BCUT2D eigenvalue weighted by Crippen LogP contribution is -2.32. The number of anilines is 2. The monoisotopic (exact) mass is 212 g/mol. The van der Waals surface area contributed by atoms with Gasteiger partial charge < -0.3 is 10.6 Å². The predicted molar refractivity (Wildman–Crippen MR) is 62.7 cm³/mol. The molecule has 0 aromatic carbocycles. The van der Waals surface area contributed by atoms with Crippen molar-refractivity contribution in [3.05, 3.63) is 12.5 Å². The van der Waals surface area contributed by atoms with E-state index in [4.69, 9.17) is 5.73 Å². The molecule has 0 radical (unpaired) electrons. The van der Waals surface area contributed by atoms with Gasteiger partial charge in [0, 0.05) is 18.8 Å². The molecule has 0 amide bonds. The van der Waals surface area contributed by atoms with Gasteiger partial charge in [0.25, 0.3) is 0 Å². The SMILES string of the molecule is CSCC(C)N(C)c1ncncc1N. The van der Waals surface area contributed by atoms with Crippen LogP contribution < -0.4 is 10.6 Å². The summed E-state index contributed by atoms with van der Waals surface area (Å²) in [5.41, 5.74) is 6.41. The summed E-state index contributed by atoms with van der Waals surface area (Å²) in [6.07, 6.45) is 5.24. The van der Waals surface area contributed by atoms with Crippen LogP contribution in [0.25, 0.3) is 0 Å². The molecule has 0 aliphatic rings. The Morgan fingerprint density at radius 3 is 2.93 bits per heavy atom. The first-order valence-electron chi connectivity index (χ1n) is 4.44. The van der Waals surface area contributed by atoms with E-state index in [1.165, 1.54) is 6.33 Å². The summed E-state index contributed by atoms with van der Waals surface area (Å²) < 4.78 is 0. The summed E-state index contributed by atoms with van der Waals surface area (Å²) in [6, 6.07) is 0.419. The largest absolute Gasteiger partial charge is 0.394 e. The van der Waals surface area contributed by atoms with Crippen LogP contribution in [0.1, 0.15) is 6.92 Å². The van der Waals surface area contributed by atoms with E-state index in [-0.39, 0.29) is 0 Å². The van der Waals surface area contributed by atoms with Gasteiger partial charge in [-0.05, 0) is 13.2 Å². The maximum Gasteiger partial charge on any atom is 0.155 e. The Labute approximate surface area is 88.9 Å². The van der Waals surface area contributed by atoms with Crippen molar-refractivity contribution < 1.29 is 0 Å². The van der Waals surface area contributed by atoms with Gasteiger partial charge in [0.15, 0.2) is 5.82 Å². The first kappa shape index (κ1) is 11.1. The van der Waals surface area contributed by atoms with Crippen LogP contribution in [-0.4, -0.2) is 35.1 Å². The van der Waals surface area contributed by atoms with Crippen LogP contribution >= 0.6 is 11.8 Å². The van der Waals surface area contributed by atoms with Gasteiger partial charge in [-0.2, -0.15) is 11.8 Å². The third-order valence-corrected chi connectivity index (χ3v) is 2.94. The molecule has 4 nitrogen and oxygen atoms in total. The highest BCUT2D eigenvalue weighted by Gasteiger charge is 2.12. The molecular weight excluding hydrogens is 196 g/mol. The lowest BCUT2D eigenvalue weighted by atomic mass is 10.3. The van der Waals surface area contributed by atoms with Crippen molar-refractivity contribution in [2.45, 2.75) is 13.0 Å². The first-order chi connectivity index (χ1) is 6.66. The van der Waals surface area contributed by atoms with Crippen LogP contribution in [0, 0.1) is 0 Å². The Morgan fingerprint density at radius 2 is 2.36 bits per heavy atom. The van der Waals surface area contributed by atoms with Gasteiger partial charge in [0.05, 0.1) is 11.9 Å². The Hall–Kier alpha value is -0.970. The number of hydrogen-bond donors (Lipinski definition) is 1. The summed E-state index contributed by atoms with van der Waals surface area (Å²) in [5, 5.41) is 0. The first-order valence-corrected chi connectivity index (χ1v) is 5.83. The topological polar surface area (TPSA) is 55.0 Å². The molecule has 0 fully saturated rings. The summed E-state index contributed by atoms with van der Waals surface area (Å²) in [5.74, 6) is 1.86. The van der Waals surface area contributed by atoms with E-state index in [1.54, 1.807) is 6.20 Å². The van der Waals surface area contributed by atoms with Crippen molar-refractivity contribution in [3.8, 4) is 0 Å². The van der Waals surface area contributed by atoms with E-state index in [2.05, 4.69) is 28.0 Å². The molecule has 1 aromatic heterocycles. The van der Waals surface area contributed by atoms with Gasteiger partial charge in [-0.1, -0.05) is 0 Å². The van der Waals surface area contributed by atoms with Crippen LogP contribution in [0.2, 0.25) is 0 Å². The van der Waals surface area contributed by atoms with E-state index < -0.39 is 0 Å². The molecule has 2 N–H and O–H groups in total. The van der Waals surface area contributed by atoms with Gasteiger partial charge in [-0.15, -0.1) is 0 Å². The summed E-state index contributed by atoms with van der Waals surface area (Å²) in [7, 11) is 2.00. The standard InChI is InChI=1S/C9H16N4S/c1-7(5-14-3)13(2)9-8(10)4-11-6-12-9/h4,6-7H,5,10H2,1-3H3. The molecule has 1 rings (SSSR count). The molecule has 0 saturated heterocycles. The van der Waals surface area contributed by atoms with Gasteiger partial charge in [0.2, 0.25) is 0 Å². The van der Waals surface area contributed by atoms with Gasteiger partial charge >= 0.3 is 0 Å². The van der Waals surface area contributed by atoms with Gasteiger partial charge in [-0.25, -0.2) is 9.97 Å². The molecule has 1 aromatic rings. The fourth-order valence-electron chi connectivity index (χ4n) is 1.19. The van der Waals surface area contributed by atoms with E-state index in [0.29, 0.717) is 11.7 Å². The lowest BCUT2D eigenvalue weighted by molar-refractivity contribution is 0.753. The smallest absolute Gasteiger partial charge is 0.155 e. The van der Waals surface area contributed by atoms with E-state index >= 15 is 0 Å². The zero-order valence-corrected chi connectivity index (χ0v) is 9.58. The second-order valence-electron chi connectivity index (χ2n) is 3.22. The fraction of sp³-hybridized carbons (Fsp3) is 0.556. The number of aromatic nitrogens is 2. The summed E-state index contributed by atoms with van der Waals surface area (Å²) >= 11 is 1.81. The Bertz CT molecular complexity index is 292. The molecule has 0 aliphatic carbocycles. The molecule has 0 bridgehead atoms. The number of nitrogen functional groups attached to an aromatic ring is 1. The maximum absolute atomic E-state index is 5.78. The quantitative estimate of drug-likeness (QED) is 0.814. The number of nitrogens with two attached hydrogens (primary N) is 1. The van der Waals surface area contributed by atoms with Crippen LogP contribution in [-0.2, 0) is 0 Å². The molecule has 1 heterocycles. The number of nitrogens with zero attached hydrogens (tertiary/aromatic N) is 3. The van der Waals surface area contributed by atoms with E-state index in [1.807, 2.05) is 18.8 Å². The molecule has 1 unspecified atom stereocenters. The Kier molecular flexibility index (Phi) is 4.00. The van der Waals surface area contributed by atoms with Crippen LogP contribution in [0.3, 0.4) is 0 Å². The minimum atomic E-state index is 0.419. The molecule has 5 heteroatoms. The molecule has 0 spiro atoms. The average molecular weight is 212 g/mol. The highest BCUT2D eigenvalue weighted by Crippen LogP contribution is 2.19. The third kappa shape index (κ3) is 2.51. The van der Waals surface area contributed by atoms with Gasteiger partial charge in [0.1, 0.15) is 6.33 Å². The van der Waals surface area contributed by atoms with E-state index in [0.717, 1.165) is 11.6 Å². The van der Waals surface area contributed by atoms with Crippen molar-refractivity contribution in [1.82, 2.24) is 9.97 Å². The van der Waals surface area contributed by atoms with Crippen LogP contribution in [0.15, 0.2) is 12.5 Å². The molecule has 78 valence electrons. The lowest BCUT2D eigenvalue weighted by Gasteiger charge is -2.25. The predicted octanol–water partition coefficient (Wildman–Crippen LogP) is 1.25. The zero-order chi connectivity index (χ0) is 10.6. The minimum Gasteiger partial charge on any atom is -0.394 e. The van der Waals surface area contributed by atoms with Crippen LogP contribution in [0.5, 0.6) is 0 Å². The van der Waals surface area contributed by atoms with E-state index in [9.17, 15) is 0 Å². The second kappa shape index (κ2) is 5.05. The molecular formula is C9H16N4S. The second-order valence-corrected chi connectivity index (χ2v) is 4.13. The highest BCUT2D eigenvalue weighted by molar-refractivity contribution is 7.98.